The van der Waals surface area contributed by atoms with E-state index in [0.29, 0.717) is 31.5 Å². The van der Waals surface area contributed by atoms with E-state index >= 15 is 0 Å². The number of likely N-dealkylation sites (tertiary alicyclic amines) is 1. The smallest absolute Gasteiger partial charge is 0.253 e. The van der Waals surface area contributed by atoms with Gasteiger partial charge in [0.15, 0.2) is 0 Å². The zero-order valence-corrected chi connectivity index (χ0v) is 15.6. The highest BCUT2D eigenvalue weighted by Crippen LogP contribution is 2.27. The van der Waals surface area contributed by atoms with E-state index in [1.165, 1.54) is 0 Å². The normalized spacial score (nSPS) is 15.3. The van der Waals surface area contributed by atoms with E-state index in [0.717, 1.165) is 27.9 Å². The van der Waals surface area contributed by atoms with Crippen LogP contribution < -0.4 is 4.74 Å². The Morgan fingerprint density at radius 1 is 1.11 bits per heavy atom. The molecule has 27 heavy (non-hydrogen) atoms. The molecule has 0 aliphatic carbocycles. The van der Waals surface area contributed by atoms with Crippen LogP contribution in [0.3, 0.4) is 0 Å². The molecule has 3 aromatic rings. The summed E-state index contributed by atoms with van der Waals surface area (Å²) < 4.78 is 20.7. The van der Waals surface area contributed by atoms with Crippen molar-refractivity contribution in [1.82, 2.24) is 9.47 Å². The van der Waals surface area contributed by atoms with Gasteiger partial charge >= 0.3 is 0 Å². The van der Waals surface area contributed by atoms with Crippen LogP contribution in [0.2, 0.25) is 0 Å². The third-order valence-corrected chi connectivity index (χ3v) is 5.31. The molecule has 1 saturated heterocycles. The van der Waals surface area contributed by atoms with Gasteiger partial charge in [-0.1, -0.05) is 0 Å². The number of hydrogen-bond donors (Lipinski definition) is 0. The summed E-state index contributed by atoms with van der Waals surface area (Å²) in [6, 6.07) is 13.7. The van der Waals surface area contributed by atoms with Gasteiger partial charge in [-0.2, -0.15) is 0 Å². The lowest BCUT2D eigenvalue weighted by atomic mass is 10.1. The molecule has 1 aliphatic heterocycles. The molecule has 4 nitrogen and oxygen atoms in total. The molecule has 0 unspecified atom stereocenters. The Hall–Kier alpha value is -2.82. The predicted molar refractivity (Wildman–Crippen MR) is 105 cm³/mol. The van der Waals surface area contributed by atoms with E-state index in [9.17, 15) is 9.18 Å². The number of aromatic nitrogens is 1. The Balaban J connectivity index is 1.67. The quantitative estimate of drug-likeness (QED) is 0.683. The van der Waals surface area contributed by atoms with Gasteiger partial charge in [-0.3, -0.25) is 4.79 Å². The third kappa shape index (κ3) is 3.29. The second-order valence-electron chi connectivity index (χ2n) is 7.08. The highest BCUT2D eigenvalue weighted by atomic mass is 19.1. The van der Waals surface area contributed by atoms with Crippen molar-refractivity contribution in [2.45, 2.75) is 25.9 Å². The minimum Gasteiger partial charge on any atom is -0.497 e. The first kappa shape index (κ1) is 17.6. The number of ether oxygens (including phenoxy) is 1. The number of alkyl halides is 1. The van der Waals surface area contributed by atoms with E-state index in [1.807, 2.05) is 49.4 Å². The third-order valence-electron chi connectivity index (χ3n) is 5.31. The first-order chi connectivity index (χ1) is 13.1. The first-order valence-corrected chi connectivity index (χ1v) is 9.26. The van der Waals surface area contributed by atoms with Crippen LogP contribution in [-0.4, -0.2) is 41.7 Å². The fraction of sp³-hybridized carbons (Fsp3) is 0.318. The molecule has 140 valence electrons. The summed E-state index contributed by atoms with van der Waals surface area (Å²) in [6.45, 7) is 3.03. The SMILES string of the molecule is COc1ccc(-n2cc(C)c3cc(C(=O)N4CCC(F)CC4)ccc32)cc1. The van der Waals surface area contributed by atoms with E-state index < -0.39 is 6.17 Å². The molecule has 0 spiro atoms. The number of carbonyl (C=O) groups excluding carboxylic acids is 1. The highest BCUT2D eigenvalue weighted by Gasteiger charge is 2.23. The fourth-order valence-corrected chi connectivity index (χ4v) is 3.72. The maximum Gasteiger partial charge on any atom is 0.253 e. The summed E-state index contributed by atoms with van der Waals surface area (Å²) in [5.41, 5.74) is 3.86. The molecule has 1 fully saturated rings. The molecular formula is C22H23FN2O2. The van der Waals surface area contributed by atoms with Gasteiger partial charge in [-0.25, -0.2) is 4.39 Å². The Bertz CT molecular complexity index is 970. The minimum absolute atomic E-state index is 0.0135. The monoisotopic (exact) mass is 366 g/mol. The van der Waals surface area contributed by atoms with Crippen molar-refractivity contribution in [1.29, 1.82) is 0 Å². The fourth-order valence-electron chi connectivity index (χ4n) is 3.72. The topological polar surface area (TPSA) is 34.5 Å². The van der Waals surface area contributed by atoms with Crippen LogP contribution >= 0.6 is 0 Å². The van der Waals surface area contributed by atoms with Crippen LogP contribution in [-0.2, 0) is 0 Å². The molecule has 0 bridgehead atoms. The van der Waals surface area contributed by atoms with Crippen LogP contribution in [0.15, 0.2) is 48.7 Å². The van der Waals surface area contributed by atoms with Crippen molar-refractivity contribution in [3.8, 4) is 11.4 Å². The summed E-state index contributed by atoms with van der Waals surface area (Å²) in [6.07, 6.45) is 2.16. The van der Waals surface area contributed by atoms with E-state index in [-0.39, 0.29) is 5.91 Å². The number of piperidine rings is 1. The van der Waals surface area contributed by atoms with E-state index in [4.69, 9.17) is 4.74 Å². The molecule has 1 amide bonds. The number of carbonyl (C=O) groups is 1. The molecule has 0 radical (unpaired) electrons. The lowest BCUT2D eigenvalue weighted by Crippen LogP contribution is -2.39. The zero-order chi connectivity index (χ0) is 19.0. The Morgan fingerprint density at radius 3 is 2.48 bits per heavy atom. The van der Waals surface area contributed by atoms with Gasteiger partial charge in [-0.05, 0) is 67.8 Å². The molecule has 2 aromatic carbocycles. The van der Waals surface area contributed by atoms with Gasteiger partial charge in [0, 0.05) is 35.9 Å². The van der Waals surface area contributed by atoms with Crippen molar-refractivity contribution in [2.75, 3.05) is 20.2 Å². The number of rotatable bonds is 3. The van der Waals surface area contributed by atoms with Crippen molar-refractivity contribution >= 4 is 16.8 Å². The first-order valence-electron chi connectivity index (χ1n) is 9.26. The van der Waals surface area contributed by atoms with Crippen molar-refractivity contribution in [2.24, 2.45) is 0 Å². The minimum atomic E-state index is -0.780. The summed E-state index contributed by atoms with van der Waals surface area (Å²) in [4.78, 5) is 14.5. The van der Waals surface area contributed by atoms with Crippen molar-refractivity contribution in [3.05, 3.63) is 59.8 Å². The number of amides is 1. The number of hydrogen-bond acceptors (Lipinski definition) is 2. The number of nitrogens with zero attached hydrogens (tertiary/aromatic N) is 2. The maximum atomic E-state index is 13.3. The van der Waals surface area contributed by atoms with Gasteiger partial charge in [0.1, 0.15) is 11.9 Å². The summed E-state index contributed by atoms with van der Waals surface area (Å²) in [5, 5.41) is 1.05. The molecule has 2 heterocycles. The molecule has 0 N–H and O–H groups in total. The van der Waals surface area contributed by atoms with Gasteiger partial charge in [-0.15, -0.1) is 0 Å². The molecular weight excluding hydrogens is 343 g/mol. The zero-order valence-electron chi connectivity index (χ0n) is 15.6. The van der Waals surface area contributed by atoms with E-state index in [1.54, 1.807) is 12.0 Å². The van der Waals surface area contributed by atoms with Gasteiger partial charge in [0.05, 0.1) is 12.6 Å². The number of halogens is 1. The predicted octanol–water partition coefficient (Wildman–Crippen LogP) is 4.52. The van der Waals surface area contributed by atoms with Gasteiger partial charge < -0.3 is 14.2 Å². The molecule has 5 heteroatoms. The summed E-state index contributed by atoms with van der Waals surface area (Å²) in [7, 11) is 1.65. The maximum absolute atomic E-state index is 13.3. The highest BCUT2D eigenvalue weighted by molar-refractivity contribution is 5.99. The lowest BCUT2D eigenvalue weighted by molar-refractivity contribution is 0.0667. The van der Waals surface area contributed by atoms with Gasteiger partial charge in [0.2, 0.25) is 0 Å². The second kappa shape index (κ2) is 7.06. The Labute approximate surface area is 158 Å². The summed E-state index contributed by atoms with van der Waals surface area (Å²) in [5.74, 6) is 0.803. The van der Waals surface area contributed by atoms with Crippen LogP contribution in [0, 0.1) is 6.92 Å². The molecule has 1 aromatic heterocycles. The Morgan fingerprint density at radius 2 is 1.81 bits per heavy atom. The molecule has 1 aliphatic rings. The number of fused-ring (bicyclic) bond motifs is 1. The average molecular weight is 366 g/mol. The average Bonchev–Trinajstić information content (AvgIpc) is 3.04. The lowest BCUT2D eigenvalue weighted by Gasteiger charge is -2.28. The number of methoxy groups -OCH3 is 1. The molecule has 0 atom stereocenters. The van der Waals surface area contributed by atoms with E-state index in [2.05, 4.69) is 10.8 Å². The number of benzene rings is 2. The molecule has 0 saturated carbocycles. The van der Waals surface area contributed by atoms with Crippen molar-refractivity contribution in [3.63, 3.8) is 0 Å². The van der Waals surface area contributed by atoms with Crippen LogP contribution in [0.5, 0.6) is 5.75 Å². The summed E-state index contributed by atoms with van der Waals surface area (Å²) >= 11 is 0. The standard InChI is InChI=1S/C22H23FN2O2/c1-15-14-25(18-4-6-19(27-2)7-5-18)21-8-3-16(13-20(15)21)22(26)24-11-9-17(23)10-12-24/h3-8,13-14,17H,9-12H2,1-2H3. The van der Waals surface area contributed by atoms with Crippen molar-refractivity contribution < 1.29 is 13.9 Å². The number of aryl methyl sites for hydroxylation is 1. The largest absolute Gasteiger partial charge is 0.497 e. The van der Waals surface area contributed by atoms with Crippen LogP contribution in [0.25, 0.3) is 16.6 Å². The van der Waals surface area contributed by atoms with Gasteiger partial charge in [0.25, 0.3) is 5.91 Å². The van der Waals surface area contributed by atoms with Crippen LogP contribution in [0.4, 0.5) is 4.39 Å². The van der Waals surface area contributed by atoms with Crippen LogP contribution in [0.1, 0.15) is 28.8 Å². The molecule has 4 rings (SSSR count). The second-order valence-corrected chi connectivity index (χ2v) is 7.08. The Kier molecular flexibility index (Phi) is 4.60.